The molecule has 7 heteroatoms. The monoisotopic (exact) mass is 267 g/mol. The van der Waals surface area contributed by atoms with Gasteiger partial charge in [0.05, 0.1) is 13.2 Å². The molecule has 1 amide bonds. The highest BCUT2D eigenvalue weighted by Crippen LogP contribution is 2.39. The van der Waals surface area contributed by atoms with E-state index < -0.39 is 11.0 Å². The molecule has 0 saturated carbocycles. The molecule has 1 spiro atoms. The largest absolute Gasteiger partial charge is 0.346 e. The Kier molecular flexibility index (Phi) is 2.98. The van der Waals surface area contributed by atoms with E-state index in [4.69, 9.17) is 15.2 Å². The van der Waals surface area contributed by atoms with Gasteiger partial charge in [0.15, 0.2) is 6.29 Å². The summed E-state index contributed by atoms with van der Waals surface area (Å²) < 4.78 is 10.5. The van der Waals surface area contributed by atoms with Gasteiger partial charge in [-0.2, -0.15) is 0 Å². The Morgan fingerprint density at radius 3 is 2.83 bits per heavy atom. The molecule has 1 aromatic rings. The number of ether oxygens (including phenoxy) is 2. The van der Waals surface area contributed by atoms with Crippen LogP contribution in [0.5, 0.6) is 0 Å². The summed E-state index contributed by atoms with van der Waals surface area (Å²) in [4.78, 5) is 15.8. The predicted octanol–water partition coefficient (Wildman–Crippen LogP) is -0.0289. The van der Waals surface area contributed by atoms with Crippen LogP contribution in [0.4, 0.5) is 0 Å². The van der Waals surface area contributed by atoms with E-state index in [1.165, 1.54) is 11.8 Å². The van der Waals surface area contributed by atoms with E-state index in [-0.39, 0.29) is 24.6 Å². The molecule has 1 atom stereocenters. The Bertz CT molecular complexity index is 448. The summed E-state index contributed by atoms with van der Waals surface area (Å²) in [6, 6.07) is 3.70. The minimum absolute atomic E-state index is 0.121. The molecule has 0 aliphatic carbocycles. The Morgan fingerprint density at radius 2 is 2.28 bits per heavy atom. The first kappa shape index (κ1) is 11.9. The van der Waals surface area contributed by atoms with Crippen molar-refractivity contribution in [2.24, 2.45) is 5.73 Å². The normalized spacial score (nSPS) is 35.7. The van der Waals surface area contributed by atoms with E-state index in [2.05, 4.69) is 10.3 Å². The number of hydrogen-bond acceptors (Lipinski definition) is 6. The SMILES string of the molecule is N[C@H]1NC(=O)C2(COC(c3cccnc3)OC2)S1. The van der Waals surface area contributed by atoms with Crippen molar-refractivity contribution in [1.29, 1.82) is 0 Å². The number of nitrogens with zero attached hydrogens (tertiary/aromatic N) is 1. The number of rotatable bonds is 1. The zero-order valence-electron chi connectivity index (χ0n) is 9.54. The number of thioether (sulfide) groups is 1. The second-order valence-electron chi connectivity index (χ2n) is 4.25. The van der Waals surface area contributed by atoms with Gasteiger partial charge in [-0.05, 0) is 6.07 Å². The molecule has 0 bridgehead atoms. The van der Waals surface area contributed by atoms with Crippen LogP contribution in [0.2, 0.25) is 0 Å². The second-order valence-corrected chi connectivity index (χ2v) is 5.77. The standard InChI is InChI=1S/C11H13N3O3S/c12-10-14-9(15)11(18-10)5-16-8(17-6-11)7-2-1-3-13-4-7/h1-4,8,10H,5-6,12H2,(H,14,15)/t8?,10-,11?/m0/s1. The fourth-order valence-electron chi connectivity index (χ4n) is 2.00. The number of carbonyl (C=O) groups is 1. The highest BCUT2D eigenvalue weighted by molar-refractivity contribution is 8.02. The molecule has 1 aromatic heterocycles. The number of aromatic nitrogens is 1. The van der Waals surface area contributed by atoms with Gasteiger partial charge in [0.1, 0.15) is 10.2 Å². The Morgan fingerprint density at radius 1 is 1.50 bits per heavy atom. The van der Waals surface area contributed by atoms with Crippen molar-refractivity contribution in [2.75, 3.05) is 13.2 Å². The van der Waals surface area contributed by atoms with E-state index in [1.54, 1.807) is 12.4 Å². The van der Waals surface area contributed by atoms with Gasteiger partial charge >= 0.3 is 0 Å². The molecular weight excluding hydrogens is 254 g/mol. The smallest absolute Gasteiger partial charge is 0.242 e. The minimum Gasteiger partial charge on any atom is -0.346 e. The van der Waals surface area contributed by atoms with Crippen molar-refractivity contribution in [3.05, 3.63) is 30.1 Å². The van der Waals surface area contributed by atoms with Crippen LogP contribution < -0.4 is 11.1 Å². The summed E-state index contributed by atoms with van der Waals surface area (Å²) in [7, 11) is 0. The quantitative estimate of drug-likeness (QED) is 0.743. The van der Waals surface area contributed by atoms with Gasteiger partial charge in [-0.3, -0.25) is 9.78 Å². The summed E-state index contributed by atoms with van der Waals surface area (Å²) in [5.74, 6) is -0.121. The maximum absolute atomic E-state index is 11.8. The lowest BCUT2D eigenvalue weighted by Crippen LogP contribution is -2.48. The summed E-state index contributed by atoms with van der Waals surface area (Å²) in [5.41, 5.74) is 6.14. The van der Waals surface area contributed by atoms with Crippen LogP contribution in [0.1, 0.15) is 11.9 Å². The van der Waals surface area contributed by atoms with Crippen molar-refractivity contribution >= 4 is 17.7 Å². The Hall–Kier alpha value is -1.15. The van der Waals surface area contributed by atoms with Crippen LogP contribution in [0, 0.1) is 0 Å². The van der Waals surface area contributed by atoms with Crippen LogP contribution in [-0.4, -0.2) is 34.3 Å². The lowest BCUT2D eigenvalue weighted by atomic mass is 10.1. The van der Waals surface area contributed by atoms with Crippen LogP contribution >= 0.6 is 11.8 Å². The van der Waals surface area contributed by atoms with Crippen molar-refractivity contribution in [2.45, 2.75) is 16.5 Å². The maximum Gasteiger partial charge on any atom is 0.242 e. The first-order chi connectivity index (χ1) is 8.70. The topological polar surface area (TPSA) is 86.5 Å². The molecule has 3 N–H and O–H groups in total. The van der Waals surface area contributed by atoms with E-state index in [1.807, 2.05) is 12.1 Å². The third-order valence-corrected chi connectivity index (χ3v) is 4.18. The molecule has 0 unspecified atom stereocenters. The lowest BCUT2D eigenvalue weighted by molar-refractivity contribution is -0.197. The van der Waals surface area contributed by atoms with Crippen molar-refractivity contribution in [3.8, 4) is 0 Å². The number of nitrogens with two attached hydrogens (primary N) is 1. The summed E-state index contributed by atoms with van der Waals surface area (Å²) in [5, 5.41) is 2.66. The van der Waals surface area contributed by atoms with Gasteiger partial charge in [0, 0.05) is 18.0 Å². The van der Waals surface area contributed by atoms with E-state index in [0.717, 1.165) is 5.56 Å². The third kappa shape index (κ3) is 1.99. The molecule has 2 aliphatic heterocycles. The average molecular weight is 267 g/mol. The molecule has 18 heavy (non-hydrogen) atoms. The number of hydrogen-bond donors (Lipinski definition) is 2. The average Bonchev–Trinajstić information content (AvgIpc) is 2.66. The predicted molar refractivity (Wildman–Crippen MR) is 65.3 cm³/mol. The number of carbonyl (C=O) groups excluding carboxylic acids is 1. The number of amides is 1. The molecule has 2 fully saturated rings. The molecular formula is C11H13N3O3S. The van der Waals surface area contributed by atoms with E-state index >= 15 is 0 Å². The molecule has 6 nitrogen and oxygen atoms in total. The summed E-state index contributed by atoms with van der Waals surface area (Å²) in [6.45, 7) is 0.577. The number of pyridine rings is 1. The first-order valence-corrected chi connectivity index (χ1v) is 6.45. The van der Waals surface area contributed by atoms with Crippen molar-refractivity contribution < 1.29 is 14.3 Å². The molecule has 3 heterocycles. The van der Waals surface area contributed by atoms with Gasteiger partial charge < -0.3 is 20.5 Å². The van der Waals surface area contributed by atoms with Gasteiger partial charge in [0.25, 0.3) is 0 Å². The summed E-state index contributed by atoms with van der Waals surface area (Å²) in [6.07, 6.45) is 2.91. The van der Waals surface area contributed by atoms with Crippen LogP contribution in [-0.2, 0) is 14.3 Å². The van der Waals surface area contributed by atoms with Crippen LogP contribution in [0.15, 0.2) is 24.5 Å². The molecule has 0 aromatic carbocycles. The highest BCUT2D eigenvalue weighted by Gasteiger charge is 2.50. The van der Waals surface area contributed by atoms with Gasteiger partial charge in [0.2, 0.25) is 5.91 Å². The van der Waals surface area contributed by atoms with Gasteiger partial charge in [-0.25, -0.2) is 0 Å². The first-order valence-electron chi connectivity index (χ1n) is 5.57. The highest BCUT2D eigenvalue weighted by atomic mass is 32.2. The second kappa shape index (κ2) is 4.51. The number of nitrogens with one attached hydrogen (secondary N) is 1. The zero-order chi connectivity index (χ0) is 12.6. The van der Waals surface area contributed by atoms with Gasteiger partial charge in [-0.15, -0.1) is 0 Å². The maximum atomic E-state index is 11.8. The fraction of sp³-hybridized carbons (Fsp3) is 0.455. The molecule has 3 rings (SSSR count). The van der Waals surface area contributed by atoms with Crippen molar-refractivity contribution in [3.63, 3.8) is 0 Å². The Labute approximate surface area is 108 Å². The third-order valence-electron chi connectivity index (χ3n) is 2.93. The molecule has 2 aliphatic rings. The minimum atomic E-state index is -0.710. The zero-order valence-corrected chi connectivity index (χ0v) is 10.4. The Balaban J connectivity index is 1.70. The molecule has 0 radical (unpaired) electrons. The van der Waals surface area contributed by atoms with E-state index in [0.29, 0.717) is 0 Å². The summed E-state index contributed by atoms with van der Waals surface area (Å²) >= 11 is 1.35. The molecule has 96 valence electrons. The van der Waals surface area contributed by atoms with Gasteiger partial charge in [-0.1, -0.05) is 17.8 Å². The van der Waals surface area contributed by atoms with E-state index in [9.17, 15) is 4.79 Å². The fourth-order valence-corrected chi connectivity index (χ4v) is 3.09. The van der Waals surface area contributed by atoms with Crippen molar-refractivity contribution in [1.82, 2.24) is 10.3 Å². The molecule has 2 saturated heterocycles. The lowest BCUT2D eigenvalue weighted by Gasteiger charge is -2.34. The van der Waals surface area contributed by atoms with Crippen LogP contribution in [0.25, 0.3) is 0 Å². The van der Waals surface area contributed by atoms with Crippen LogP contribution in [0.3, 0.4) is 0 Å².